The van der Waals surface area contributed by atoms with Gasteiger partial charge < -0.3 is 20.8 Å². The van der Waals surface area contributed by atoms with Gasteiger partial charge in [-0.3, -0.25) is 19.6 Å². The molecule has 0 bridgehead atoms. The molecule has 182 valence electrons. The van der Waals surface area contributed by atoms with Crippen molar-refractivity contribution < 1.29 is 23.2 Å². The van der Waals surface area contributed by atoms with Crippen molar-refractivity contribution in [2.75, 3.05) is 12.1 Å². The molecular weight excluding hydrogens is 446 g/mol. The Morgan fingerprint density at radius 1 is 1.12 bits per heavy atom. The van der Waals surface area contributed by atoms with Gasteiger partial charge >= 0.3 is 0 Å². The van der Waals surface area contributed by atoms with Crippen molar-refractivity contribution in [2.24, 2.45) is 5.92 Å². The van der Waals surface area contributed by atoms with Crippen molar-refractivity contribution in [2.45, 2.75) is 45.3 Å². The van der Waals surface area contributed by atoms with E-state index in [1.165, 1.54) is 12.1 Å². The third-order valence-electron chi connectivity index (χ3n) is 5.80. The van der Waals surface area contributed by atoms with E-state index in [0.29, 0.717) is 22.5 Å². The molecule has 34 heavy (non-hydrogen) atoms. The number of carbonyl (C=O) groups is 3. The first-order valence-corrected chi connectivity index (χ1v) is 10.9. The van der Waals surface area contributed by atoms with E-state index >= 15 is 0 Å². The van der Waals surface area contributed by atoms with E-state index < -0.39 is 53.3 Å². The molecule has 2 amide bonds. The molecule has 1 heterocycles. The standard InChI is InChI=1S/C24H27F2N4O4/c1-13(2)21(27-20(31)11-15-9-16(25)12-17(26)10-15)24(33)28-23-22(32)14(3)18-7-5-6-8-19(18)29(4)30(23)34/h5-10,12-14,21,23H,11H2,1-4H3,(H,27,31)(H,28,33)/q-1/t14?,21-,23?/m0/s1. The van der Waals surface area contributed by atoms with Gasteiger partial charge in [-0.25, -0.2) is 8.78 Å². The van der Waals surface area contributed by atoms with Crippen LogP contribution in [0.25, 0.3) is 0 Å². The van der Waals surface area contributed by atoms with Gasteiger partial charge in [0.15, 0.2) is 5.78 Å². The molecule has 2 N–H and O–H groups in total. The second-order valence-electron chi connectivity index (χ2n) is 8.66. The highest BCUT2D eigenvalue weighted by atomic mass is 19.1. The number of carbonyl (C=O) groups excluding carboxylic acids is 3. The zero-order valence-corrected chi connectivity index (χ0v) is 19.3. The van der Waals surface area contributed by atoms with Gasteiger partial charge in [0.2, 0.25) is 11.8 Å². The van der Waals surface area contributed by atoms with Crippen molar-refractivity contribution in [1.29, 1.82) is 0 Å². The molecule has 10 heteroatoms. The molecule has 0 radical (unpaired) electrons. The van der Waals surface area contributed by atoms with E-state index in [2.05, 4.69) is 10.6 Å². The quantitative estimate of drug-likeness (QED) is 0.669. The number of hydroxylamine groups is 1. The molecule has 2 unspecified atom stereocenters. The number of rotatable bonds is 6. The molecule has 0 saturated carbocycles. The summed E-state index contributed by atoms with van der Waals surface area (Å²) < 4.78 is 26.8. The van der Waals surface area contributed by atoms with E-state index in [1.807, 2.05) is 0 Å². The molecule has 0 spiro atoms. The lowest BCUT2D eigenvalue weighted by molar-refractivity contribution is -0.135. The van der Waals surface area contributed by atoms with Crippen molar-refractivity contribution in [3.05, 3.63) is 70.4 Å². The van der Waals surface area contributed by atoms with E-state index in [9.17, 15) is 28.4 Å². The SMILES string of the molecule is CC1C(=O)C(NC(=O)[C@@H](NC(=O)Cc2cc(F)cc(F)c2)C(C)C)N([O-])N(C)c2ccccc21. The molecule has 1 aliphatic rings. The van der Waals surface area contributed by atoms with Gasteiger partial charge in [-0.2, -0.15) is 0 Å². The minimum Gasteiger partial charge on any atom is -0.765 e. The zero-order chi connectivity index (χ0) is 25.2. The predicted molar refractivity (Wildman–Crippen MR) is 122 cm³/mol. The fourth-order valence-corrected chi connectivity index (χ4v) is 3.94. The van der Waals surface area contributed by atoms with Crippen LogP contribution in [0.5, 0.6) is 0 Å². The first-order valence-electron chi connectivity index (χ1n) is 10.9. The number of amides is 2. The monoisotopic (exact) mass is 473 g/mol. The van der Waals surface area contributed by atoms with Crippen LogP contribution < -0.4 is 15.6 Å². The van der Waals surface area contributed by atoms with Crippen molar-refractivity contribution >= 4 is 23.3 Å². The molecule has 2 aromatic rings. The van der Waals surface area contributed by atoms with Gasteiger partial charge in [0.1, 0.15) is 23.8 Å². The van der Waals surface area contributed by atoms with Crippen LogP contribution in [-0.2, 0) is 20.8 Å². The summed E-state index contributed by atoms with van der Waals surface area (Å²) in [5, 5.41) is 19.6. The largest absolute Gasteiger partial charge is 0.765 e. The van der Waals surface area contributed by atoms with Crippen molar-refractivity contribution in [1.82, 2.24) is 15.8 Å². The number of halogens is 2. The Kier molecular flexibility index (Phi) is 7.63. The molecule has 8 nitrogen and oxygen atoms in total. The molecule has 0 aliphatic carbocycles. The maximum atomic E-state index is 13.4. The maximum Gasteiger partial charge on any atom is 0.244 e. The first-order chi connectivity index (χ1) is 16.0. The molecular formula is C24H27F2N4O4-. The van der Waals surface area contributed by atoms with Crippen molar-refractivity contribution in [3.63, 3.8) is 0 Å². The Hall–Kier alpha value is -3.37. The molecule has 2 aromatic carbocycles. The van der Waals surface area contributed by atoms with Gasteiger partial charge in [0.25, 0.3) is 0 Å². The van der Waals surface area contributed by atoms with E-state index in [0.717, 1.165) is 12.1 Å². The van der Waals surface area contributed by atoms with Crippen molar-refractivity contribution in [3.8, 4) is 0 Å². The molecule has 3 rings (SSSR count). The normalized spacial score (nSPS) is 19.4. The highest BCUT2D eigenvalue weighted by Crippen LogP contribution is 2.33. The minimum atomic E-state index is -1.50. The minimum absolute atomic E-state index is 0.107. The Morgan fingerprint density at radius 2 is 1.74 bits per heavy atom. The summed E-state index contributed by atoms with van der Waals surface area (Å²) in [6.07, 6.45) is -1.86. The highest BCUT2D eigenvalue weighted by Gasteiger charge is 2.36. The zero-order valence-electron chi connectivity index (χ0n) is 19.3. The Balaban J connectivity index is 1.76. The average Bonchev–Trinajstić information content (AvgIpc) is 2.83. The molecule has 0 aromatic heterocycles. The van der Waals surface area contributed by atoms with Crippen LogP contribution in [0.15, 0.2) is 42.5 Å². The second-order valence-corrected chi connectivity index (χ2v) is 8.66. The summed E-state index contributed by atoms with van der Waals surface area (Å²) in [7, 11) is 1.50. The molecule has 0 fully saturated rings. The number of nitrogens with zero attached hydrogens (tertiary/aromatic N) is 2. The number of anilines is 1. The lowest BCUT2D eigenvalue weighted by Gasteiger charge is -2.42. The fraction of sp³-hybridized carbons (Fsp3) is 0.375. The number of hydrogen-bond acceptors (Lipinski definition) is 6. The first kappa shape index (κ1) is 25.3. The summed E-state index contributed by atoms with van der Waals surface area (Å²) in [5.74, 6) is -4.55. The van der Waals surface area contributed by atoms with Gasteiger partial charge in [0.05, 0.1) is 12.1 Å². The number of hydrogen-bond donors (Lipinski definition) is 2. The number of ketones is 1. The Morgan fingerprint density at radius 3 is 2.35 bits per heavy atom. The van der Waals surface area contributed by atoms with E-state index in [4.69, 9.17) is 0 Å². The number of nitrogens with one attached hydrogen (secondary N) is 2. The van der Waals surface area contributed by atoms with Gasteiger partial charge in [-0.1, -0.05) is 39.0 Å². The number of hydrazine groups is 1. The number of para-hydroxylation sites is 1. The summed E-state index contributed by atoms with van der Waals surface area (Å²) in [4.78, 5) is 38.6. The lowest BCUT2D eigenvalue weighted by atomic mass is 9.94. The summed E-state index contributed by atoms with van der Waals surface area (Å²) in [6.45, 7) is 5.02. The third-order valence-corrected chi connectivity index (χ3v) is 5.80. The predicted octanol–water partition coefficient (Wildman–Crippen LogP) is 2.63. The Labute approximate surface area is 196 Å². The summed E-state index contributed by atoms with van der Waals surface area (Å²) >= 11 is 0. The van der Waals surface area contributed by atoms with Crippen LogP contribution in [0.1, 0.15) is 37.8 Å². The second kappa shape index (κ2) is 10.3. The van der Waals surface area contributed by atoms with Crippen LogP contribution in [0.3, 0.4) is 0 Å². The van der Waals surface area contributed by atoms with Gasteiger partial charge in [0, 0.05) is 19.0 Å². The molecule has 1 aliphatic heterocycles. The van der Waals surface area contributed by atoms with Crippen LogP contribution in [0.2, 0.25) is 0 Å². The van der Waals surface area contributed by atoms with Crippen LogP contribution in [0.4, 0.5) is 14.5 Å². The van der Waals surface area contributed by atoms with Gasteiger partial charge in [-0.05, 0) is 35.2 Å². The Bertz CT molecular complexity index is 1070. The molecule has 3 atom stereocenters. The van der Waals surface area contributed by atoms with E-state index in [1.54, 1.807) is 45.0 Å². The van der Waals surface area contributed by atoms with Crippen LogP contribution >= 0.6 is 0 Å². The van der Waals surface area contributed by atoms with E-state index in [-0.39, 0.29) is 12.0 Å². The smallest absolute Gasteiger partial charge is 0.244 e. The van der Waals surface area contributed by atoms with Crippen LogP contribution in [-0.4, -0.2) is 42.0 Å². The molecule has 0 saturated heterocycles. The number of fused-ring (bicyclic) bond motifs is 1. The summed E-state index contributed by atoms with van der Waals surface area (Å²) in [6, 6.07) is 8.63. The fourth-order valence-electron chi connectivity index (χ4n) is 3.94. The summed E-state index contributed by atoms with van der Waals surface area (Å²) in [5.41, 5.74) is 1.31. The highest BCUT2D eigenvalue weighted by molar-refractivity contribution is 5.97. The lowest BCUT2D eigenvalue weighted by Crippen LogP contribution is -2.60. The third kappa shape index (κ3) is 5.40. The number of benzene rings is 2. The maximum absolute atomic E-state index is 13.4. The average molecular weight is 474 g/mol. The van der Waals surface area contributed by atoms with Crippen LogP contribution in [0, 0.1) is 22.8 Å². The number of Topliss-reactive ketones (excluding diaryl/α,β-unsaturated/α-hetero) is 1. The van der Waals surface area contributed by atoms with Gasteiger partial charge in [-0.15, -0.1) is 0 Å². The topological polar surface area (TPSA) is 105 Å².